The van der Waals surface area contributed by atoms with E-state index in [4.69, 9.17) is 9.47 Å². The molecule has 0 radical (unpaired) electrons. The van der Waals surface area contributed by atoms with Crippen LogP contribution in [0.4, 0.5) is 4.39 Å². The third-order valence-electron chi connectivity index (χ3n) is 3.37. The lowest BCUT2D eigenvalue weighted by atomic mass is 10.1. The molecule has 0 unspecified atom stereocenters. The molecule has 0 bridgehead atoms. The van der Waals surface area contributed by atoms with Crippen LogP contribution in [0.3, 0.4) is 0 Å². The summed E-state index contributed by atoms with van der Waals surface area (Å²) in [4.78, 5) is 0. The first kappa shape index (κ1) is 16.8. The highest BCUT2D eigenvalue weighted by molar-refractivity contribution is 9.10. The van der Waals surface area contributed by atoms with Gasteiger partial charge in [-0.15, -0.1) is 0 Å². The molecule has 0 aromatic heterocycles. The van der Waals surface area contributed by atoms with Gasteiger partial charge in [-0.25, -0.2) is 4.39 Å². The summed E-state index contributed by atoms with van der Waals surface area (Å²) >= 11 is 3.25. The second-order valence-corrected chi connectivity index (χ2v) is 5.77. The van der Waals surface area contributed by atoms with Crippen LogP contribution in [0, 0.1) is 5.82 Å². The number of halogens is 2. The standard InChI is InChI=1S/C17H19BrFNO2/c1-21-16-6-3-12(9-17(16)22-2)7-8-20-11-13-4-5-14(18)10-15(13)19/h3-6,9-10,20H,7-8,11H2,1-2H3. The third kappa shape index (κ3) is 4.45. The fraction of sp³-hybridized carbons (Fsp3) is 0.294. The summed E-state index contributed by atoms with van der Waals surface area (Å²) < 4.78 is 24.9. The van der Waals surface area contributed by atoms with Crippen molar-refractivity contribution in [3.05, 3.63) is 57.8 Å². The van der Waals surface area contributed by atoms with Gasteiger partial charge in [-0.3, -0.25) is 0 Å². The van der Waals surface area contributed by atoms with Crippen LogP contribution in [-0.2, 0) is 13.0 Å². The van der Waals surface area contributed by atoms with Gasteiger partial charge in [0.2, 0.25) is 0 Å². The van der Waals surface area contributed by atoms with Crippen molar-refractivity contribution in [2.75, 3.05) is 20.8 Å². The van der Waals surface area contributed by atoms with Crippen LogP contribution in [0.2, 0.25) is 0 Å². The van der Waals surface area contributed by atoms with Crippen LogP contribution < -0.4 is 14.8 Å². The zero-order valence-electron chi connectivity index (χ0n) is 12.7. The molecule has 118 valence electrons. The molecule has 0 aliphatic rings. The normalized spacial score (nSPS) is 10.5. The van der Waals surface area contributed by atoms with Crippen LogP contribution in [-0.4, -0.2) is 20.8 Å². The molecule has 0 aliphatic carbocycles. The van der Waals surface area contributed by atoms with Gasteiger partial charge in [0.15, 0.2) is 11.5 Å². The van der Waals surface area contributed by atoms with E-state index in [9.17, 15) is 4.39 Å². The average molecular weight is 368 g/mol. The molecular weight excluding hydrogens is 349 g/mol. The number of hydrogen-bond donors (Lipinski definition) is 1. The molecule has 0 heterocycles. The molecule has 1 N–H and O–H groups in total. The Morgan fingerprint density at radius 3 is 2.50 bits per heavy atom. The van der Waals surface area contributed by atoms with Crippen molar-refractivity contribution < 1.29 is 13.9 Å². The van der Waals surface area contributed by atoms with Gasteiger partial charge < -0.3 is 14.8 Å². The van der Waals surface area contributed by atoms with Crippen molar-refractivity contribution in [2.45, 2.75) is 13.0 Å². The number of hydrogen-bond acceptors (Lipinski definition) is 3. The van der Waals surface area contributed by atoms with Gasteiger partial charge in [0.05, 0.1) is 14.2 Å². The van der Waals surface area contributed by atoms with Crippen molar-refractivity contribution in [3.8, 4) is 11.5 Å². The van der Waals surface area contributed by atoms with Gasteiger partial charge in [0.1, 0.15) is 5.82 Å². The van der Waals surface area contributed by atoms with Gasteiger partial charge in [-0.1, -0.05) is 28.1 Å². The summed E-state index contributed by atoms with van der Waals surface area (Å²) in [6.45, 7) is 1.26. The van der Waals surface area contributed by atoms with E-state index in [0.29, 0.717) is 12.1 Å². The average Bonchev–Trinajstić information content (AvgIpc) is 2.53. The van der Waals surface area contributed by atoms with Crippen LogP contribution in [0.25, 0.3) is 0 Å². The monoisotopic (exact) mass is 367 g/mol. The highest BCUT2D eigenvalue weighted by atomic mass is 79.9. The fourth-order valence-electron chi connectivity index (χ4n) is 2.16. The highest BCUT2D eigenvalue weighted by Crippen LogP contribution is 2.27. The topological polar surface area (TPSA) is 30.5 Å². The Hall–Kier alpha value is -1.59. The third-order valence-corrected chi connectivity index (χ3v) is 3.86. The van der Waals surface area contributed by atoms with Crippen LogP contribution in [0.15, 0.2) is 40.9 Å². The molecule has 22 heavy (non-hydrogen) atoms. The quantitative estimate of drug-likeness (QED) is 0.751. The Morgan fingerprint density at radius 2 is 1.82 bits per heavy atom. The summed E-state index contributed by atoms with van der Waals surface area (Å²) in [7, 11) is 3.24. The van der Waals surface area contributed by atoms with E-state index in [-0.39, 0.29) is 5.82 Å². The minimum absolute atomic E-state index is 0.201. The lowest BCUT2D eigenvalue weighted by Gasteiger charge is -2.10. The zero-order valence-corrected chi connectivity index (χ0v) is 14.2. The molecule has 3 nitrogen and oxygen atoms in total. The molecule has 2 aromatic carbocycles. The Labute approximate surface area is 138 Å². The van der Waals surface area contributed by atoms with E-state index in [1.54, 1.807) is 20.3 Å². The molecule has 0 saturated heterocycles. The summed E-state index contributed by atoms with van der Waals surface area (Å²) in [5, 5.41) is 3.25. The molecular formula is C17H19BrFNO2. The van der Waals surface area contributed by atoms with Crippen molar-refractivity contribution in [3.63, 3.8) is 0 Å². The molecule has 0 fully saturated rings. The Kier molecular flexibility index (Phi) is 6.21. The molecule has 0 atom stereocenters. The van der Waals surface area contributed by atoms with Gasteiger partial charge >= 0.3 is 0 Å². The summed E-state index contributed by atoms with van der Waals surface area (Å²) in [6, 6.07) is 11.0. The Balaban J connectivity index is 1.86. The highest BCUT2D eigenvalue weighted by Gasteiger charge is 2.05. The lowest BCUT2D eigenvalue weighted by Crippen LogP contribution is -2.17. The predicted octanol–water partition coefficient (Wildman–Crippen LogP) is 3.94. The molecule has 0 aliphatic heterocycles. The second kappa shape index (κ2) is 8.15. The zero-order chi connectivity index (χ0) is 15.9. The number of nitrogens with one attached hydrogen (secondary N) is 1. The van der Waals surface area contributed by atoms with Gasteiger partial charge in [0.25, 0.3) is 0 Å². The summed E-state index contributed by atoms with van der Waals surface area (Å²) in [6.07, 6.45) is 0.832. The largest absolute Gasteiger partial charge is 0.493 e. The Morgan fingerprint density at radius 1 is 1.05 bits per heavy atom. The minimum atomic E-state index is -0.201. The first-order valence-electron chi connectivity index (χ1n) is 6.99. The van der Waals surface area contributed by atoms with E-state index in [1.165, 1.54) is 6.07 Å². The van der Waals surface area contributed by atoms with Gasteiger partial charge in [-0.05, 0) is 42.8 Å². The molecule has 0 saturated carbocycles. The number of rotatable bonds is 7. The molecule has 5 heteroatoms. The van der Waals surface area contributed by atoms with E-state index < -0.39 is 0 Å². The molecule has 0 amide bonds. The SMILES string of the molecule is COc1ccc(CCNCc2ccc(Br)cc2F)cc1OC. The number of methoxy groups -OCH3 is 2. The van der Waals surface area contributed by atoms with Crippen molar-refractivity contribution >= 4 is 15.9 Å². The summed E-state index contributed by atoms with van der Waals surface area (Å²) in [5.74, 6) is 1.24. The van der Waals surface area contributed by atoms with Gasteiger partial charge in [0, 0.05) is 16.6 Å². The van der Waals surface area contributed by atoms with Crippen molar-refractivity contribution in [2.24, 2.45) is 0 Å². The lowest BCUT2D eigenvalue weighted by molar-refractivity contribution is 0.354. The predicted molar refractivity (Wildman–Crippen MR) is 89.1 cm³/mol. The molecule has 0 spiro atoms. The maximum Gasteiger partial charge on any atom is 0.160 e. The Bertz CT molecular complexity index is 634. The first-order valence-corrected chi connectivity index (χ1v) is 7.79. The van der Waals surface area contributed by atoms with Crippen molar-refractivity contribution in [1.82, 2.24) is 5.32 Å². The minimum Gasteiger partial charge on any atom is -0.493 e. The van der Waals surface area contributed by atoms with E-state index in [0.717, 1.165) is 34.5 Å². The van der Waals surface area contributed by atoms with Crippen LogP contribution >= 0.6 is 15.9 Å². The first-order chi connectivity index (χ1) is 10.6. The van der Waals surface area contributed by atoms with Crippen LogP contribution in [0.5, 0.6) is 11.5 Å². The van der Waals surface area contributed by atoms with Gasteiger partial charge in [-0.2, -0.15) is 0 Å². The van der Waals surface area contributed by atoms with E-state index in [2.05, 4.69) is 21.2 Å². The molecule has 2 rings (SSSR count). The van der Waals surface area contributed by atoms with Crippen LogP contribution in [0.1, 0.15) is 11.1 Å². The van der Waals surface area contributed by atoms with E-state index in [1.807, 2.05) is 24.3 Å². The fourth-order valence-corrected chi connectivity index (χ4v) is 2.49. The maximum atomic E-state index is 13.7. The number of ether oxygens (including phenoxy) is 2. The van der Waals surface area contributed by atoms with Crippen molar-refractivity contribution in [1.29, 1.82) is 0 Å². The summed E-state index contributed by atoms with van der Waals surface area (Å²) in [5.41, 5.74) is 1.80. The smallest absolute Gasteiger partial charge is 0.160 e. The maximum absolute atomic E-state index is 13.7. The second-order valence-electron chi connectivity index (χ2n) is 4.85. The number of benzene rings is 2. The molecule has 2 aromatic rings. The van der Waals surface area contributed by atoms with E-state index >= 15 is 0 Å².